The number of hydrogen-bond donors (Lipinski definition) is 2. The van der Waals surface area contributed by atoms with E-state index in [2.05, 4.69) is 21.1 Å². The molecule has 1 aromatic carbocycles. The molecule has 0 aliphatic heterocycles. The Kier molecular flexibility index (Phi) is 4.17. The highest BCUT2D eigenvalue weighted by Crippen LogP contribution is 2.36. The molecule has 3 N–H and O–H groups in total. The molecule has 1 aliphatic rings. The number of benzene rings is 1. The van der Waals surface area contributed by atoms with Crippen LogP contribution in [0.15, 0.2) is 49.9 Å². The molecule has 1 aromatic heterocycles. The second-order valence-corrected chi connectivity index (χ2v) is 6.70. The van der Waals surface area contributed by atoms with Crippen molar-refractivity contribution < 1.29 is 5.21 Å². The summed E-state index contributed by atoms with van der Waals surface area (Å²) in [6.07, 6.45) is 3.12. The van der Waals surface area contributed by atoms with Crippen molar-refractivity contribution >= 4 is 33.5 Å². The lowest BCUT2D eigenvalue weighted by Gasteiger charge is -2.11. The molecule has 2 aromatic rings. The van der Waals surface area contributed by atoms with E-state index in [1.807, 2.05) is 30.3 Å². The van der Waals surface area contributed by atoms with Crippen LogP contribution in [0.25, 0.3) is 0 Å². The zero-order valence-corrected chi connectivity index (χ0v) is 13.6. The third-order valence-electron chi connectivity index (χ3n) is 3.44. The van der Waals surface area contributed by atoms with Crippen LogP contribution in [0.4, 0.5) is 0 Å². The summed E-state index contributed by atoms with van der Waals surface area (Å²) in [4.78, 5) is 5.78. The van der Waals surface area contributed by atoms with Crippen LogP contribution >= 0.6 is 27.7 Å². The first kappa shape index (κ1) is 14.4. The van der Waals surface area contributed by atoms with Crippen molar-refractivity contribution in [3.8, 4) is 0 Å². The molecule has 4 nitrogen and oxygen atoms in total. The summed E-state index contributed by atoms with van der Waals surface area (Å²) >= 11 is 5.06. The smallest absolute Gasteiger partial charge is 0.172 e. The van der Waals surface area contributed by atoms with Crippen molar-refractivity contribution in [2.75, 3.05) is 0 Å². The van der Waals surface area contributed by atoms with Gasteiger partial charge in [-0.15, -0.1) is 0 Å². The number of oxime groups is 1. The molecule has 108 valence electrons. The van der Waals surface area contributed by atoms with Gasteiger partial charge >= 0.3 is 0 Å². The van der Waals surface area contributed by atoms with Crippen LogP contribution in [0.5, 0.6) is 0 Å². The lowest BCUT2D eigenvalue weighted by molar-refractivity contribution is 0.318. The molecule has 1 heterocycles. The molecule has 1 aliphatic carbocycles. The molecule has 0 spiro atoms. The molecule has 0 amide bonds. The standard InChI is InChI=1S/C15H14BrN3OS/c16-11-5-1-2-7-13(11)21-15-10(14(17)19-20)8-9-4-3-6-12(9)18-15/h1-2,5,7-8,20H,3-4,6H2,(H2,17,19). The number of nitrogens with two attached hydrogens (primary N) is 1. The quantitative estimate of drug-likeness (QED) is 0.378. The Hall–Kier alpha value is -1.53. The van der Waals surface area contributed by atoms with Crippen molar-refractivity contribution in [2.45, 2.75) is 29.2 Å². The van der Waals surface area contributed by atoms with E-state index in [1.54, 1.807) is 0 Å². The lowest BCUT2D eigenvalue weighted by Crippen LogP contribution is -2.16. The third kappa shape index (κ3) is 2.91. The van der Waals surface area contributed by atoms with E-state index in [9.17, 15) is 0 Å². The van der Waals surface area contributed by atoms with E-state index < -0.39 is 0 Å². The first-order chi connectivity index (χ1) is 10.2. The predicted molar refractivity (Wildman–Crippen MR) is 87.0 cm³/mol. The van der Waals surface area contributed by atoms with Gasteiger partial charge in [0.05, 0.1) is 5.56 Å². The topological polar surface area (TPSA) is 71.5 Å². The number of fused-ring (bicyclic) bond motifs is 1. The van der Waals surface area contributed by atoms with Gasteiger partial charge in [-0.3, -0.25) is 0 Å². The Labute approximate surface area is 135 Å². The first-order valence-corrected chi connectivity index (χ1v) is 8.23. The van der Waals surface area contributed by atoms with Crippen molar-refractivity contribution in [1.29, 1.82) is 0 Å². The summed E-state index contributed by atoms with van der Waals surface area (Å²) in [5.41, 5.74) is 8.84. The van der Waals surface area contributed by atoms with E-state index in [1.165, 1.54) is 17.3 Å². The molecule has 0 fully saturated rings. The molecule has 3 rings (SSSR count). The van der Waals surface area contributed by atoms with Crippen LogP contribution in [0.2, 0.25) is 0 Å². The van der Waals surface area contributed by atoms with Crippen molar-refractivity contribution in [1.82, 2.24) is 4.98 Å². The largest absolute Gasteiger partial charge is 0.409 e. The number of nitrogens with zero attached hydrogens (tertiary/aromatic N) is 2. The van der Waals surface area contributed by atoms with E-state index in [0.717, 1.165) is 39.4 Å². The second kappa shape index (κ2) is 6.07. The van der Waals surface area contributed by atoms with E-state index in [0.29, 0.717) is 5.56 Å². The van der Waals surface area contributed by atoms with Gasteiger partial charge in [0.2, 0.25) is 0 Å². The highest BCUT2D eigenvalue weighted by atomic mass is 79.9. The zero-order valence-electron chi connectivity index (χ0n) is 11.2. The number of aryl methyl sites for hydroxylation is 2. The summed E-state index contributed by atoms with van der Waals surface area (Å²) in [5, 5.41) is 12.9. The molecule has 6 heteroatoms. The maximum atomic E-state index is 9.00. The van der Waals surface area contributed by atoms with Gasteiger partial charge in [0.15, 0.2) is 5.84 Å². The molecule has 0 unspecified atom stereocenters. The molecule has 0 bridgehead atoms. The van der Waals surface area contributed by atoms with Crippen LogP contribution in [0.3, 0.4) is 0 Å². The monoisotopic (exact) mass is 363 g/mol. The Morgan fingerprint density at radius 1 is 1.33 bits per heavy atom. The minimum Gasteiger partial charge on any atom is -0.409 e. The van der Waals surface area contributed by atoms with Gasteiger partial charge in [0.25, 0.3) is 0 Å². The third-order valence-corrected chi connectivity index (χ3v) is 5.48. The summed E-state index contributed by atoms with van der Waals surface area (Å²) in [6.45, 7) is 0. The summed E-state index contributed by atoms with van der Waals surface area (Å²) in [7, 11) is 0. The molecule has 0 saturated carbocycles. The lowest BCUT2D eigenvalue weighted by atomic mass is 10.1. The van der Waals surface area contributed by atoms with Gasteiger partial charge in [0.1, 0.15) is 5.03 Å². The highest BCUT2D eigenvalue weighted by Gasteiger charge is 2.19. The van der Waals surface area contributed by atoms with Crippen LogP contribution < -0.4 is 5.73 Å². The van der Waals surface area contributed by atoms with Gasteiger partial charge in [-0.1, -0.05) is 29.1 Å². The second-order valence-electron chi connectivity index (χ2n) is 4.82. The number of aromatic nitrogens is 1. The molecular weight excluding hydrogens is 350 g/mol. The minimum absolute atomic E-state index is 0.103. The van der Waals surface area contributed by atoms with Crippen molar-refractivity contribution in [2.24, 2.45) is 10.9 Å². The fourth-order valence-corrected chi connectivity index (χ4v) is 3.88. The maximum Gasteiger partial charge on any atom is 0.172 e. The highest BCUT2D eigenvalue weighted by molar-refractivity contribution is 9.10. The van der Waals surface area contributed by atoms with Crippen LogP contribution in [-0.4, -0.2) is 16.0 Å². The summed E-state index contributed by atoms with van der Waals surface area (Å²) < 4.78 is 1.00. The number of hydrogen-bond acceptors (Lipinski definition) is 4. The van der Waals surface area contributed by atoms with Gasteiger partial charge in [-0.2, -0.15) is 0 Å². The van der Waals surface area contributed by atoms with Crippen LogP contribution in [0, 0.1) is 0 Å². The first-order valence-electron chi connectivity index (χ1n) is 6.62. The van der Waals surface area contributed by atoms with Gasteiger partial charge in [0, 0.05) is 15.1 Å². The Morgan fingerprint density at radius 3 is 2.90 bits per heavy atom. The Balaban J connectivity index is 2.06. The molecule has 0 atom stereocenters. The number of halogens is 1. The molecular formula is C15H14BrN3OS. The number of amidine groups is 1. The van der Waals surface area contributed by atoms with E-state index in [4.69, 9.17) is 15.9 Å². The normalized spacial score (nSPS) is 14.2. The van der Waals surface area contributed by atoms with Gasteiger partial charge in [-0.25, -0.2) is 4.98 Å². The fourth-order valence-electron chi connectivity index (χ4n) is 2.40. The fraction of sp³-hybridized carbons (Fsp3) is 0.200. The Morgan fingerprint density at radius 2 is 2.14 bits per heavy atom. The Bertz CT molecular complexity index is 718. The number of pyridine rings is 1. The van der Waals surface area contributed by atoms with E-state index >= 15 is 0 Å². The maximum absolute atomic E-state index is 9.00. The average Bonchev–Trinajstić information content (AvgIpc) is 2.95. The van der Waals surface area contributed by atoms with Gasteiger partial charge in [-0.05, 0) is 59.0 Å². The minimum atomic E-state index is 0.103. The van der Waals surface area contributed by atoms with Gasteiger partial charge < -0.3 is 10.9 Å². The molecule has 0 saturated heterocycles. The zero-order chi connectivity index (χ0) is 14.8. The van der Waals surface area contributed by atoms with Crippen LogP contribution in [0.1, 0.15) is 23.2 Å². The summed E-state index contributed by atoms with van der Waals surface area (Å²) in [6, 6.07) is 9.94. The predicted octanol–water partition coefficient (Wildman–Crippen LogP) is 3.58. The molecule has 0 radical (unpaired) electrons. The number of rotatable bonds is 3. The van der Waals surface area contributed by atoms with E-state index in [-0.39, 0.29) is 5.84 Å². The SMILES string of the molecule is NC(=NO)c1cc2c(nc1Sc1ccccc1Br)CCC2. The van der Waals surface area contributed by atoms with Crippen molar-refractivity contribution in [3.63, 3.8) is 0 Å². The van der Waals surface area contributed by atoms with Crippen molar-refractivity contribution in [3.05, 3.63) is 51.6 Å². The summed E-state index contributed by atoms with van der Waals surface area (Å²) in [5.74, 6) is 0.103. The molecule has 21 heavy (non-hydrogen) atoms. The van der Waals surface area contributed by atoms with Crippen LogP contribution in [-0.2, 0) is 12.8 Å². The average molecular weight is 364 g/mol.